The molecule has 1 heterocycles. The van der Waals surface area contributed by atoms with Gasteiger partial charge in [0.2, 0.25) is 0 Å². The number of aromatic amines is 1. The second-order valence-electron chi connectivity index (χ2n) is 3.99. The Morgan fingerprint density at radius 2 is 2.07 bits per heavy atom. The molecule has 0 saturated carbocycles. The minimum atomic E-state index is -0.425. The minimum absolute atomic E-state index is 0.213. The molecular weight excluding hydrogens is 182 g/mol. The fourth-order valence-electron chi connectivity index (χ4n) is 1.10. The van der Waals surface area contributed by atoms with Gasteiger partial charge in [0.1, 0.15) is 5.69 Å². The van der Waals surface area contributed by atoms with Crippen molar-refractivity contribution in [2.75, 3.05) is 6.61 Å². The number of esters is 1. The molecule has 1 aromatic rings. The van der Waals surface area contributed by atoms with Crippen molar-refractivity contribution in [3.05, 3.63) is 11.4 Å². The number of carbonyl (C=O) groups is 1. The van der Waals surface area contributed by atoms with E-state index in [2.05, 4.69) is 15.4 Å². The zero-order valence-corrected chi connectivity index (χ0v) is 8.92. The molecule has 78 valence electrons. The summed E-state index contributed by atoms with van der Waals surface area (Å²) in [7, 11) is 0. The first-order chi connectivity index (χ1) is 6.46. The SMILES string of the molecule is CCOC(=O)c1n[nH]nc1C(C)(C)C. The second kappa shape index (κ2) is 3.77. The fourth-order valence-corrected chi connectivity index (χ4v) is 1.10. The predicted molar refractivity (Wildman–Crippen MR) is 51.0 cm³/mol. The Labute approximate surface area is 82.8 Å². The third-order valence-electron chi connectivity index (χ3n) is 1.73. The van der Waals surface area contributed by atoms with Crippen molar-refractivity contribution < 1.29 is 9.53 Å². The molecule has 0 radical (unpaired) electrons. The highest BCUT2D eigenvalue weighted by Crippen LogP contribution is 2.22. The molecule has 0 saturated heterocycles. The maximum absolute atomic E-state index is 11.4. The van der Waals surface area contributed by atoms with Gasteiger partial charge in [-0.25, -0.2) is 4.79 Å². The molecule has 0 aliphatic heterocycles. The van der Waals surface area contributed by atoms with Crippen LogP contribution < -0.4 is 0 Å². The first kappa shape index (κ1) is 10.7. The van der Waals surface area contributed by atoms with E-state index in [-0.39, 0.29) is 11.1 Å². The first-order valence-electron chi connectivity index (χ1n) is 4.55. The van der Waals surface area contributed by atoms with Crippen LogP contribution in [0.3, 0.4) is 0 Å². The molecule has 1 aromatic heterocycles. The van der Waals surface area contributed by atoms with Crippen molar-refractivity contribution in [3.8, 4) is 0 Å². The number of nitrogens with zero attached hydrogens (tertiary/aromatic N) is 2. The lowest BCUT2D eigenvalue weighted by Crippen LogP contribution is -2.18. The largest absolute Gasteiger partial charge is 0.461 e. The van der Waals surface area contributed by atoms with Gasteiger partial charge in [0.05, 0.1) is 6.61 Å². The molecule has 5 heteroatoms. The number of nitrogens with one attached hydrogen (secondary N) is 1. The number of rotatable bonds is 2. The minimum Gasteiger partial charge on any atom is -0.461 e. The zero-order valence-electron chi connectivity index (χ0n) is 8.92. The third-order valence-corrected chi connectivity index (χ3v) is 1.73. The quantitative estimate of drug-likeness (QED) is 0.725. The average Bonchev–Trinajstić information content (AvgIpc) is 2.50. The van der Waals surface area contributed by atoms with E-state index in [1.54, 1.807) is 6.92 Å². The van der Waals surface area contributed by atoms with Crippen LogP contribution in [-0.4, -0.2) is 28.0 Å². The molecule has 0 aliphatic rings. The molecule has 0 atom stereocenters. The van der Waals surface area contributed by atoms with E-state index in [0.717, 1.165) is 0 Å². The van der Waals surface area contributed by atoms with E-state index in [0.29, 0.717) is 12.3 Å². The Morgan fingerprint density at radius 1 is 1.43 bits per heavy atom. The Balaban J connectivity index is 2.99. The van der Waals surface area contributed by atoms with Crippen molar-refractivity contribution in [1.29, 1.82) is 0 Å². The van der Waals surface area contributed by atoms with E-state index < -0.39 is 5.97 Å². The number of aromatic nitrogens is 3. The van der Waals surface area contributed by atoms with Gasteiger partial charge in [0, 0.05) is 5.41 Å². The highest BCUT2D eigenvalue weighted by atomic mass is 16.5. The summed E-state index contributed by atoms with van der Waals surface area (Å²) in [4.78, 5) is 11.4. The van der Waals surface area contributed by atoms with Gasteiger partial charge in [-0.05, 0) is 6.92 Å². The van der Waals surface area contributed by atoms with Crippen molar-refractivity contribution in [1.82, 2.24) is 15.4 Å². The van der Waals surface area contributed by atoms with Crippen LogP contribution in [0.1, 0.15) is 43.9 Å². The summed E-state index contributed by atoms with van der Waals surface area (Å²) in [5, 5.41) is 10.2. The summed E-state index contributed by atoms with van der Waals surface area (Å²) < 4.78 is 4.86. The summed E-state index contributed by atoms with van der Waals surface area (Å²) in [6, 6.07) is 0. The smallest absolute Gasteiger partial charge is 0.360 e. The van der Waals surface area contributed by atoms with Crippen molar-refractivity contribution in [3.63, 3.8) is 0 Å². The van der Waals surface area contributed by atoms with Gasteiger partial charge in [0.15, 0.2) is 5.69 Å². The van der Waals surface area contributed by atoms with Gasteiger partial charge < -0.3 is 4.74 Å². The van der Waals surface area contributed by atoms with Crippen LogP contribution in [0.2, 0.25) is 0 Å². The maximum Gasteiger partial charge on any atom is 0.360 e. The first-order valence-corrected chi connectivity index (χ1v) is 4.55. The van der Waals surface area contributed by atoms with Gasteiger partial charge in [-0.1, -0.05) is 20.8 Å². The molecule has 0 aliphatic carbocycles. The topological polar surface area (TPSA) is 67.9 Å². The Morgan fingerprint density at radius 3 is 2.57 bits per heavy atom. The van der Waals surface area contributed by atoms with Crippen LogP contribution in [0.25, 0.3) is 0 Å². The molecule has 14 heavy (non-hydrogen) atoms. The number of carbonyl (C=O) groups excluding carboxylic acids is 1. The molecule has 1 rings (SSSR count). The highest BCUT2D eigenvalue weighted by molar-refractivity contribution is 5.88. The van der Waals surface area contributed by atoms with Gasteiger partial charge in [-0.3, -0.25) is 0 Å². The second-order valence-corrected chi connectivity index (χ2v) is 3.99. The molecule has 0 spiro atoms. The van der Waals surface area contributed by atoms with Crippen LogP contribution in [0.5, 0.6) is 0 Å². The molecular formula is C9H15N3O2. The summed E-state index contributed by atoms with van der Waals surface area (Å²) in [5.74, 6) is -0.425. The van der Waals surface area contributed by atoms with Crippen LogP contribution >= 0.6 is 0 Å². The lowest BCUT2D eigenvalue weighted by molar-refractivity contribution is 0.0516. The number of ether oxygens (including phenoxy) is 1. The van der Waals surface area contributed by atoms with E-state index in [9.17, 15) is 4.79 Å². The zero-order chi connectivity index (χ0) is 10.8. The maximum atomic E-state index is 11.4. The monoisotopic (exact) mass is 197 g/mol. The van der Waals surface area contributed by atoms with Gasteiger partial charge in [-0.15, -0.1) is 5.10 Å². The van der Waals surface area contributed by atoms with Crippen LogP contribution in [0.15, 0.2) is 0 Å². The predicted octanol–water partition coefficient (Wildman–Crippen LogP) is 1.28. The summed E-state index contributed by atoms with van der Waals surface area (Å²) in [6.45, 7) is 8.00. The van der Waals surface area contributed by atoms with Gasteiger partial charge >= 0.3 is 5.97 Å². The highest BCUT2D eigenvalue weighted by Gasteiger charge is 2.26. The lowest BCUT2D eigenvalue weighted by atomic mass is 9.91. The van der Waals surface area contributed by atoms with Gasteiger partial charge in [-0.2, -0.15) is 10.3 Å². The van der Waals surface area contributed by atoms with Crippen LogP contribution in [0, 0.1) is 0 Å². The van der Waals surface area contributed by atoms with E-state index in [1.165, 1.54) is 0 Å². The normalized spacial score (nSPS) is 11.4. The molecule has 5 nitrogen and oxygen atoms in total. The summed E-state index contributed by atoms with van der Waals surface area (Å²) in [6.07, 6.45) is 0. The average molecular weight is 197 g/mol. The lowest BCUT2D eigenvalue weighted by Gasteiger charge is -2.15. The molecule has 0 aromatic carbocycles. The number of H-pyrrole nitrogens is 1. The van der Waals surface area contributed by atoms with E-state index >= 15 is 0 Å². The Kier molecular flexibility index (Phi) is 2.88. The van der Waals surface area contributed by atoms with E-state index in [1.807, 2.05) is 20.8 Å². The third kappa shape index (κ3) is 2.10. The van der Waals surface area contributed by atoms with Crippen molar-refractivity contribution in [2.24, 2.45) is 0 Å². The molecule has 0 fully saturated rings. The molecule has 0 amide bonds. The number of hydrogen-bond donors (Lipinski definition) is 1. The van der Waals surface area contributed by atoms with Crippen molar-refractivity contribution in [2.45, 2.75) is 33.1 Å². The molecule has 0 unspecified atom stereocenters. The molecule has 1 N–H and O–H groups in total. The van der Waals surface area contributed by atoms with Crippen molar-refractivity contribution >= 4 is 5.97 Å². The summed E-state index contributed by atoms with van der Waals surface area (Å²) >= 11 is 0. The Hall–Kier alpha value is -1.39. The fraction of sp³-hybridized carbons (Fsp3) is 0.667. The van der Waals surface area contributed by atoms with E-state index in [4.69, 9.17) is 4.74 Å². The summed E-state index contributed by atoms with van der Waals surface area (Å²) in [5.41, 5.74) is 0.699. The van der Waals surface area contributed by atoms with Crippen LogP contribution in [0.4, 0.5) is 0 Å². The van der Waals surface area contributed by atoms with Gasteiger partial charge in [0.25, 0.3) is 0 Å². The number of hydrogen-bond acceptors (Lipinski definition) is 4. The molecule has 0 bridgehead atoms. The Bertz CT molecular complexity index is 325. The van der Waals surface area contributed by atoms with Crippen LogP contribution in [-0.2, 0) is 10.2 Å². The standard InChI is InChI=1S/C9H15N3O2/c1-5-14-8(13)6-7(9(2,3)4)11-12-10-6/h5H2,1-4H3,(H,10,11,12).